The molecule has 1 N–H and O–H groups in total. The van der Waals surface area contributed by atoms with Crippen molar-refractivity contribution < 1.29 is 9.47 Å². The molecule has 7 heteroatoms. The number of nitrogens with zero attached hydrogens (tertiary/aromatic N) is 3. The van der Waals surface area contributed by atoms with E-state index in [0.717, 1.165) is 69.7 Å². The van der Waals surface area contributed by atoms with Crippen molar-refractivity contribution in [1.82, 2.24) is 15.1 Å². The van der Waals surface area contributed by atoms with E-state index in [9.17, 15) is 0 Å². The van der Waals surface area contributed by atoms with Gasteiger partial charge in [-0.15, -0.1) is 0 Å². The van der Waals surface area contributed by atoms with E-state index in [0.29, 0.717) is 12.6 Å². The van der Waals surface area contributed by atoms with E-state index in [-0.39, 0.29) is 4.75 Å². The van der Waals surface area contributed by atoms with Crippen LogP contribution in [-0.2, 0) is 11.3 Å². The monoisotopic (exact) mass is 434 g/mol. The summed E-state index contributed by atoms with van der Waals surface area (Å²) in [4.78, 5) is 9.27. The fraction of sp³-hybridized carbons (Fsp3) is 0.696. The quantitative estimate of drug-likeness (QED) is 0.526. The number of hydrogen-bond acceptors (Lipinski definition) is 5. The highest BCUT2D eigenvalue weighted by atomic mass is 32.2. The zero-order valence-corrected chi connectivity index (χ0v) is 19.8. The molecule has 2 aliphatic heterocycles. The minimum atomic E-state index is 0.265. The Hall–Kier alpha value is -1.44. The lowest BCUT2D eigenvalue weighted by Crippen LogP contribution is -2.50. The molecule has 2 aliphatic rings. The molecule has 6 nitrogen and oxygen atoms in total. The second kappa shape index (κ2) is 11.3. The molecule has 30 heavy (non-hydrogen) atoms. The highest BCUT2D eigenvalue weighted by molar-refractivity contribution is 8.00. The summed E-state index contributed by atoms with van der Waals surface area (Å²) >= 11 is 2.04. The number of aliphatic imine (C=N–C) groups is 1. The average molecular weight is 435 g/mol. The topological polar surface area (TPSA) is 49.3 Å². The molecule has 0 atom stereocenters. The Balaban J connectivity index is 1.45. The van der Waals surface area contributed by atoms with Gasteiger partial charge in [0, 0.05) is 63.0 Å². The fourth-order valence-corrected chi connectivity index (χ4v) is 5.18. The molecule has 0 aliphatic carbocycles. The molecule has 0 unspecified atom stereocenters. The third-order valence-electron chi connectivity index (χ3n) is 5.81. The van der Waals surface area contributed by atoms with Gasteiger partial charge in [0.2, 0.25) is 0 Å². The van der Waals surface area contributed by atoms with E-state index in [1.54, 1.807) is 0 Å². The zero-order valence-electron chi connectivity index (χ0n) is 19.0. The van der Waals surface area contributed by atoms with Crippen molar-refractivity contribution in [3.8, 4) is 5.75 Å². The molecule has 0 aromatic heterocycles. The van der Waals surface area contributed by atoms with Gasteiger partial charge >= 0.3 is 0 Å². The van der Waals surface area contributed by atoms with Gasteiger partial charge < -0.3 is 19.7 Å². The van der Waals surface area contributed by atoms with Gasteiger partial charge in [0.25, 0.3) is 0 Å². The molecule has 0 bridgehead atoms. The standard InChI is InChI=1S/C23H38N4O2S/c1-23(2)18-27(11-15-30-23)22(24-3)25-17-19-6-5-7-21(16-19)29-14-10-26(4)20-8-12-28-13-9-20/h5-7,16,20H,8-15,17-18H2,1-4H3,(H,24,25). The minimum Gasteiger partial charge on any atom is -0.492 e. The van der Waals surface area contributed by atoms with Crippen molar-refractivity contribution in [3.05, 3.63) is 29.8 Å². The summed E-state index contributed by atoms with van der Waals surface area (Å²) in [7, 11) is 4.05. The molecule has 0 spiro atoms. The average Bonchev–Trinajstić information content (AvgIpc) is 2.74. The summed E-state index contributed by atoms with van der Waals surface area (Å²) in [6.07, 6.45) is 2.23. The Kier molecular flexibility index (Phi) is 8.72. The van der Waals surface area contributed by atoms with Crippen LogP contribution >= 0.6 is 11.8 Å². The van der Waals surface area contributed by atoms with Gasteiger partial charge in [0.15, 0.2) is 5.96 Å². The molecule has 1 aromatic rings. The third-order valence-corrected chi connectivity index (χ3v) is 7.11. The molecule has 1 aromatic carbocycles. The van der Waals surface area contributed by atoms with Crippen LogP contribution in [0.5, 0.6) is 5.75 Å². The predicted molar refractivity (Wildman–Crippen MR) is 127 cm³/mol. The normalized spacial score (nSPS) is 20.4. The van der Waals surface area contributed by atoms with Crippen LogP contribution in [0.2, 0.25) is 0 Å². The Labute approximate surface area is 186 Å². The van der Waals surface area contributed by atoms with E-state index >= 15 is 0 Å². The maximum Gasteiger partial charge on any atom is 0.193 e. The minimum absolute atomic E-state index is 0.265. The predicted octanol–water partition coefficient (Wildman–Crippen LogP) is 3.08. The summed E-state index contributed by atoms with van der Waals surface area (Å²) < 4.78 is 11.8. The van der Waals surface area contributed by atoms with Crippen molar-refractivity contribution >= 4 is 17.7 Å². The zero-order chi connectivity index (χ0) is 21.4. The first-order chi connectivity index (χ1) is 14.5. The van der Waals surface area contributed by atoms with Gasteiger partial charge in [0.1, 0.15) is 12.4 Å². The molecule has 3 rings (SSSR count). The largest absolute Gasteiger partial charge is 0.492 e. The first-order valence-electron chi connectivity index (χ1n) is 11.1. The summed E-state index contributed by atoms with van der Waals surface area (Å²) in [5.74, 6) is 3.05. The van der Waals surface area contributed by atoms with E-state index < -0.39 is 0 Å². The second-order valence-electron chi connectivity index (χ2n) is 8.75. The molecular weight excluding hydrogens is 396 g/mol. The smallest absolute Gasteiger partial charge is 0.193 e. The van der Waals surface area contributed by atoms with Gasteiger partial charge in [-0.05, 0) is 51.4 Å². The first kappa shape index (κ1) is 23.2. The SMILES string of the molecule is CN=C(NCc1cccc(OCCN(C)C2CCOCC2)c1)N1CCSC(C)(C)C1. The van der Waals surface area contributed by atoms with Crippen LogP contribution in [0, 0.1) is 0 Å². The lowest BCUT2D eigenvalue weighted by molar-refractivity contribution is 0.0392. The maximum absolute atomic E-state index is 6.04. The first-order valence-corrected chi connectivity index (χ1v) is 12.0. The highest BCUT2D eigenvalue weighted by Crippen LogP contribution is 2.29. The maximum atomic E-state index is 6.04. The summed E-state index contributed by atoms with van der Waals surface area (Å²) in [6, 6.07) is 8.99. The van der Waals surface area contributed by atoms with E-state index in [1.165, 1.54) is 5.56 Å². The number of rotatable bonds is 7. The summed E-state index contributed by atoms with van der Waals surface area (Å²) in [5, 5.41) is 3.53. The van der Waals surface area contributed by atoms with Crippen LogP contribution in [0.3, 0.4) is 0 Å². The van der Waals surface area contributed by atoms with Crippen LogP contribution in [0.1, 0.15) is 32.3 Å². The third kappa shape index (κ3) is 7.06. The fourth-order valence-electron chi connectivity index (χ4n) is 4.07. The van der Waals surface area contributed by atoms with Crippen LogP contribution in [0.15, 0.2) is 29.3 Å². The van der Waals surface area contributed by atoms with Gasteiger partial charge in [-0.25, -0.2) is 0 Å². The van der Waals surface area contributed by atoms with E-state index in [2.05, 4.69) is 59.2 Å². The second-order valence-corrected chi connectivity index (χ2v) is 10.6. The van der Waals surface area contributed by atoms with Crippen molar-refractivity contribution in [3.63, 3.8) is 0 Å². The van der Waals surface area contributed by atoms with Gasteiger partial charge in [-0.2, -0.15) is 11.8 Å². The van der Waals surface area contributed by atoms with Crippen molar-refractivity contribution in [2.45, 2.75) is 44.0 Å². The number of hydrogen-bond donors (Lipinski definition) is 1. The van der Waals surface area contributed by atoms with E-state index in [1.807, 2.05) is 24.9 Å². The van der Waals surface area contributed by atoms with Crippen molar-refractivity contribution in [2.24, 2.45) is 4.99 Å². The summed E-state index contributed by atoms with van der Waals surface area (Å²) in [6.45, 7) is 10.8. The molecule has 0 radical (unpaired) electrons. The molecule has 2 saturated heterocycles. The van der Waals surface area contributed by atoms with Crippen LogP contribution in [0.4, 0.5) is 0 Å². The molecule has 0 amide bonds. The highest BCUT2D eigenvalue weighted by Gasteiger charge is 2.28. The van der Waals surface area contributed by atoms with Gasteiger partial charge in [-0.1, -0.05) is 12.1 Å². The molecule has 0 saturated carbocycles. The number of likely N-dealkylation sites (N-methyl/N-ethyl adjacent to an activating group) is 1. The Morgan fingerprint density at radius 2 is 2.17 bits per heavy atom. The van der Waals surface area contributed by atoms with Crippen LogP contribution in [-0.4, -0.2) is 85.9 Å². The summed E-state index contributed by atoms with van der Waals surface area (Å²) in [5.41, 5.74) is 1.21. The lowest BCUT2D eigenvalue weighted by atomic mass is 10.1. The van der Waals surface area contributed by atoms with Gasteiger partial charge in [0.05, 0.1) is 0 Å². The molecule has 2 fully saturated rings. The molecule has 168 valence electrons. The number of thioether (sulfide) groups is 1. The number of benzene rings is 1. The molecular formula is C23H38N4O2S. The van der Waals surface area contributed by atoms with Crippen LogP contribution < -0.4 is 10.1 Å². The Morgan fingerprint density at radius 3 is 2.90 bits per heavy atom. The van der Waals surface area contributed by atoms with Gasteiger partial charge in [-0.3, -0.25) is 9.89 Å². The lowest BCUT2D eigenvalue weighted by Gasteiger charge is -2.39. The van der Waals surface area contributed by atoms with Crippen molar-refractivity contribution in [2.75, 3.05) is 59.3 Å². The number of guanidine groups is 1. The number of ether oxygens (including phenoxy) is 2. The molecule has 2 heterocycles. The number of nitrogens with one attached hydrogen (secondary N) is 1. The Morgan fingerprint density at radius 1 is 1.37 bits per heavy atom. The van der Waals surface area contributed by atoms with Crippen LogP contribution in [0.25, 0.3) is 0 Å². The van der Waals surface area contributed by atoms with Crippen molar-refractivity contribution in [1.29, 1.82) is 0 Å². The van der Waals surface area contributed by atoms with E-state index in [4.69, 9.17) is 9.47 Å². The Bertz CT molecular complexity index is 692.